The second-order valence-corrected chi connectivity index (χ2v) is 18.5. The number of halogens is 2. The zero-order valence-electron chi connectivity index (χ0n) is 24.3. The average Bonchev–Trinajstić information content (AvgIpc) is 3.15. The Hall–Kier alpha value is -2.00. The largest absolute Gasteiger partial charge is 0.489 e. The minimum Gasteiger partial charge on any atom is -0.489 e. The van der Waals surface area contributed by atoms with Gasteiger partial charge >= 0.3 is 0 Å². The van der Waals surface area contributed by atoms with Crippen LogP contribution in [0.3, 0.4) is 0 Å². The van der Waals surface area contributed by atoms with E-state index in [1.165, 1.54) is 38.6 Å². The molecule has 0 saturated carbocycles. The van der Waals surface area contributed by atoms with Gasteiger partial charge in [0.25, 0.3) is 0 Å². The van der Waals surface area contributed by atoms with Crippen molar-refractivity contribution in [2.75, 3.05) is 6.61 Å². The molecule has 0 heterocycles. The predicted octanol–water partition coefficient (Wildman–Crippen LogP) is 10.2. The molecule has 0 unspecified atom stereocenters. The third-order valence-electron chi connectivity index (χ3n) is 8.40. The molecule has 1 aliphatic carbocycles. The molecule has 0 saturated heterocycles. The molecule has 0 fully saturated rings. The van der Waals surface area contributed by atoms with Crippen molar-refractivity contribution in [3.8, 4) is 16.9 Å². The van der Waals surface area contributed by atoms with Crippen LogP contribution in [-0.4, -0.2) is 14.7 Å². The van der Waals surface area contributed by atoms with Crippen molar-refractivity contribution >= 4 is 36.5 Å². The Labute approximate surface area is 241 Å². The van der Waals surface area contributed by atoms with E-state index in [4.69, 9.17) is 27.9 Å². The van der Waals surface area contributed by atoms with Gasteiger partial charge in [0.05, 0.1) is 0 Å². The summed E-state index contributed by atoms with van der Waals surface area (Å²) < 4.78 is 6.67. The summed E-state index contributed by atoms with van der Waals surface area (Å²) in [7, 11) is -2.33. The lowest BCUT2D eigenvalue weighted by Gasteiger charge is -2.41. The molecule has 4 rings (SSSR count). The Morgan fingerprint density at radius 1 is 0.816 bits per heavy atom. The van der Waals surface area contributed by atoms with Crippen LogP contribution in [0.4, 0.5) is 0 Å². The molecule has 202 valence electrons. The molecule has 0 aliphatic heterocycles. The minimum absolute atomic E-state index is 0.00540. The SMILES string of the molecule is C=CCOc1c(C(C)(C)C)cc(C(C)(C)C)cc1[Si](CC)(CC)C1c2cc(Cl)ccc2-c2ccc(Cl)cc21. The Morgan fingerprint density at radius 2 is 1.34 bits per heavy atom. The van der Waals surface area contributed by atoms with Crippen LogP contribution >= 0.6 is 23.2 Å². The summed E-state index contributed by atoms with van der Waals surface area (Å²) in [6.07, 6.45) is 1.86. The molecule has 1 nitrogen and oxygen atoms in total. The minimum atomic E-state index is -2.33. The highest BCUT2D eigenvalue weighted by atomic mass is 35.5. The van der Waals surface area contributed by atoms with Gasteiger partial charge in [0.15, 0.2) is 0 Å². The van der Waals surface area contributed by atoms with Gasteiger partial charge in [-0.2, -0.15) is 0 Å². The Balaban J connectivity index is 2.15. The van der Waals surface area contributed by atoms with E-state index in [0.717, 1.165) is 27.9 Å². The number of hydrogen-bond donors (Lipinski definition) is 0. The molecule has 0 radical (unpaired) electrons. The third kappa shape index (κ3) is 5.01. The van der Waals surface area contributed by atoms with Crippen LogP contribution in [0.15, 0.2) is 61.2 Å². The first-order chi connectivity index (χ1) is 17.8. The molecule has 3 aromatic rings. The van der Waals surface area contributed by atoms with Crippen LogP contribution in [0, 0.1) is 0 Å². The summed E-state index contributed by atoms with van der Waals surface area (Å²) in [5, 5.41) is 2.97. The molecule has 0 bridgehead atoms. The fourth-order valence-electron chi connectivity index (χ4n) is 6.28. The second kappa shape index (κ2) is 10.5. The van der Waals surface area contributed by atoms with Crippen molar-refractivity contribution in [3.63, 3.8) is 0 Å². The van der Waals surface area contributed by atoms with E-state index in [1.54, 1.807) is 0 Å². The predicted molar refractivity (Wildman–Crippen MR) is 170 cm³/mol. The van der Waals surface area contributed by atoms with Crippen LogP contribution in [0.1, 0.15) is 83.2 Å². The van der Waals surface area contributed by atoms with E-state index in [0.29, 0.717) is 6.61 Å². The lowest BCUT2D eigenvalue weighted by atomic mass is 9.80. The van der Waals surface area contributed by atoms with Crippen molar-refractivity contribution in [1.29, 1.82) is 0 Å². The van der Waals surface area contributed by atoms with Crippen LogP contribution in [0.25, 0.3) is 11.1 Å². The molecule has 0 atom stereocenters. The highest BCUT2D eigenvalue weighted by molar-refractivity contribution is 6.94. The van der Waals surface area contributed by atoms with E-state index in [9.17, 15) is 0 Å². The smallest absolute Gasteiger partial charge is 0.122 e. The molecular formula is C34H42Cl2OSi. The van der Waals surface area contributed by atoms with E-state index in [2.05, 4.69) is 98.4 Å². The van der Waals surface area contributed by atoms with Gasteiger partial charge in [0, 0.05) is 15.6 Å². The molecule has 38 heavy (non-hydrogen) atoms. The maximum atomic E-state index is 6.67. The normalized spacial score (nSPS) is 13.8. The molecule has 0 N–H and O–H groups in total. The van der Waals surface area contributed by atoms with Crippen molar-refractivity contribution in [1.82, 2.24) is 0 Å². The summed E-state index contributed by atoms with van der Waals surface area (Å²) in [6.45, 7) is 23.0. The summed E-state index contributed by atoms with van der Waals surface area (Å²) in [5.74, 6) is 1.06. The standard InChI is InChI=1S/C34H42Cl2OSi/c1-10-17-37-31-29(34(7,8)9)18-22(33(4,5)6)19-30(31)38(11-2,12-3)32-27-20-23(35)13-15-25(27)26-16-14-24(36)21-28(26)32/h10,13-16,18-21,32H,1,11-12,17H2,2-9H3. The molecular weight excluding hydrogens is 523 g/mol. The van der Waals surface area contributed by atoms with E-state index in [1.807, 2.05) is 18.2 Å². The monoisotopic (exact) mass is 564 g/mol. The Kier molecular flexibility index (Phi) is 8.03. The van der Waals surface area contributed by atoms with Gasteiger partial charge < -0.3 is 4.74 Å². The fraction of sp³-hybridized carbons (Fsp3) is 0.412. The highest BCUT2D eigenvalue weighted by Crippen LogP contribution is 2.53. The molecule has 1 aliphatic rings. The molecule has 0 spiro atoms. The second-order valence-electron chi connectivity index (χ2n) is 12.8. The Morgan fingerprint density at radius 3 is 1.76 bits per heavy atom. The summed E-state index contributed by atoms with van der Waals surface area (Å²) in [5.41, 5.74) is 8.01. The number of fused-ring (bicyclic) bond motifs is 3. The van der Waals surface area contributed by atoms with Gasteiger partial charge in [-0.1, -0.05) is 128 Å². The van der Waals surface area contributed by atoms with Crippen LogP contribution < -0.4 is 9.92 Å². The quantitative estimate of drug-likeness (QED) is 0.205. The molecule has 0 aromatic heterocycles. The first kappa shape index (κ1) is 29.0. The van der Waals surface area contributed by atoms with Gasteiger partial charge in [-0.3, -0.25) is 0 Å². The highest BCUT2D eigenvalue weighted by Gasteiger charge is 2.49. The van der Waals surface area contributed by atoms with Crippen molar-refractivity contribution in [3.05, 3.63) is 93.5 Å². The molecule has 0 amide bonds. The molecule has 4 heteroatoms. The van der Waals surface area contributed by atoms with Crippen molar-refractivity contribution in [2.24, 2.45) is 0 Å². The summed E-state index contributed by atoms with van der Waals surface area (Å²) >= 11 is 13.3. The number of rotatable bonds is 7. The number of ether oxygens (including phenoxy) is 1. The van der Waals surface area contributed by atoms with Crippen LogP contribution in [0.2, 0.25) is 22.1 Å². The van der Waals surface area contributed by atoms with Crippen LogP contribution in [-0.2, 0) is 10.8 Å². The van der Waals surface area contributed by atoms with Gasteiger partial charge in [-0.25, -0.2) is 0 Å². The lowest BCUT2D eigenvalue weighted by Crippen LogP contribution is -2.53. The topological polar surface area (TPSA) is 9.23 Å². The molecule has 3 aromatic carbocycles. The first-order valence-corrected chi connectivity index (χ1v) is 17.1. The number of benzene rings is 3. The fourth-order valence-corrected chi connectivity index (χ4v) is 11.8. The summed E-state index contributed by atoms with van der Waals surface area (Å²) in [6, 6.07) is 19.8. The number of hydrogen-bond acceptors (Lipinski definition) is 1. The Bertz CT molecular complexity index is 1300. The third-order valence-corrected chi connectivity index (χ3v) is 14.6. The van der Waals surface area contributed by atoms with Gasteiger partial charge in [-0.05, 0) is 73.7 Å². The van der Waals surface area contributed by atoms with E-state index < -0.39 is 8.07 Å². The zero-order chi connectivity index (χ0) is 28.0. The average molecular weight is 566 g/mol. The first-order valence-electron chi connectivity index (χ1n) is 13.8. The van der Waals surface area contributed by atoms with E-state index >= 15 is 0 Å². The van der Waals surface area contributed by atoms with Gasteiger partial charge in [-0.15, -0.1) is 0 Å². The zero-order valence-corrected chi connectivity index (χ0v) is 26.8. The van der Waals surface area contributed by atoms with Gasteiger partial charge in [0.2, 0.25) is 0 Å². The van der Waals surface area contributed by atoms with E-state index in [-0.39, 0.29) is 16.4 Å². The van der Waals surface area contributed by atoms with Crippen molar-refractivity contribution < 1.29 is 4.74 Å². The maximum absolute atomic E-state index is 6.67. The van der Waals surface area contributed by atoms with Crippen molar-refractivity contribution in [2.45, 2.75) is 83.8 Å². The van der Waals surface area contributed by atoms with Crippen LogP contribution in [0.5, 0.6) is 5.75 Å². The maximum Gasteiger partial charge on any atom is 0.122 e. The lowest BCUT2D eigenvalue weighted by molar-refractivity contribution is 0.353. The van der Waals surface area contributed by atoms with Gasteiger partial charge in [0.1, 0.15) is 20.4 Å². The summed E-state index contributed by atoms with van der Waals surface area (Å²) in [4.78, 5) is 0.